The van der Waals surface area contributed by atoms with Gasteiger partial charge in [0.2, 0.25) is 0 Å². The zero-order valence-electron chi connectivity index (χ0n) is 12.6. The van der Waals surface area contributed by atoms with Crippen molar-refractivity contribution in [3.8, 4) is 6.07 Å². The van der Waals surface area contributed by atoms with Crippen molar-refractivity contribution in [3.05, 3.63) is 35.4 Å². The van der Waals surface area contributed by atoms with E-state index < -0.39 is 0 Å². The second-order valence-corrected chi connectivity index (χ2v) is 6.04. The third-order valence-electron chi connectivity index (χ3n) is 4.09. The molecule has 20 heavy (non-hydrogen) atoms. The van der Waals surface area contributed by atoms with Crippen LogP contribution < -0.4 is 5.32 Å². The third-order valence-corrected chi connectivity index (χ3v) is 4.09. The van der Waals surface area contributed by atoms with Crippen molar-refractivity contribution in [2.45, 2.75) is 39.3 Å². The Morgan fingerprint density at radius 1 is 1.35 bits per heavy atom. The van der Waals surface area contributed by atoms with Crippen LogP contribution in [-0.2, 0) is 6.54 Å². The van der Waals surface area contributed by atoms with Crippen molar-refractivity contribution in [1.82, 2.24) is 10.2 Å². The minimum absolute atomic E-state index is 0.549. The van der Waals surface area contributed by atoms with E-state index in [0.717, 1.165) is 31.1 Å². The van der Waals surface area contributed by atoms with Gasteiger partial charge < -0.3 is 5.32 Å². The second kappa shape index (κ2) is 7.42. The van der Waals surface area contributed by atoms with Gasteiger partial charge in [0.05, 0.1) is 11.6 Å². The van der Waals surface area contributed by atoms with E-state index in [-0.39, 0.29) is 0 Å². The van der Waals surface area contributed by atoms with E-state index in [2.05, 4.69) is 42.3 Å². The van der Waals surface area contributed by atoms with Crippen LogP contribution in [0.25, 0.3) is 0 Å². The van der Waals surface area contributed by atoms with Gasteiger partial charge in [-0.2, -0.15) is 5.26 Å². The van der Waals surface area contributed by atoms with Gasteiger partial charge in [0.15, 0.2) is 0 Å². The highest BCUT2D eigenvalue weighted by molar-refractivity contribution is 5.31. The molecule has 0 saturated carbocycles. The fourth-order valence-electron chi connectivity index (χ4n) is 2.79. The van der Waals surface area contributed by atoms with Crippen LogP contribution in [-0.4, -0.2) is 30.6 Å². The highest BCUT2D eigenvalue weighted by Gasteiger charge is 2.18. The molecule has 1 saturated heterocycles. The summed E-state index contributed by atoms with van der Waals surface area (Å²) in [6.45, 7) is 8.98. The van der Waals surface area contributed by atoms with Crippen LogP contribution >= 0.6 is 0 Å². The molecule has 0 aliphatic carbocycles. The minimum atomic E-state index is 0.549. The Labute approximate surface area is 122 Å². The zero-order valence-corrected chi connectivity index (χ0v) is 12.6. The van der Waals surface area contributed by atoms with E-state index >= 15 is 0 Å². The Kier molecular flexibility index (Phi) is 5.58. The molecule has 1 aromatic rings. The molecule has 108 valence electrons. The summed E-state index contributed by atoms with van der Waals surface area (Å²) >= 11 is 0. The van der Waals surface area contributed by atoms with Crippen molar-refractivity contribution in [1.29, 1.82) is 5.26 Å². The fourth-order valence-corrected chi connectivity index (χ4v) is 2.79. The van der Waals surface area contributed by atoms with E-state index in [0.29, 0.717) is 6.04 Å². The van der Waals surface area contributed by atoms with E-state index in [1.807, 2.05) is 12.1 Å². The van der Waals surface area contributed by atoms with Gasteiger partial charge in [-0.05, 0) is 63.4 Å². The predicted octanol–water partition coefficient (Wildman–Crippen LogP) is 2.77. The first kappa shape index (κ1) is 15.0. The molecule has 1 aliphatic heterocycles. The number of rotatable bonds is 5. The molecule has 2 rings (SSSR count). The number of nitrogens with one attached hydrogen (secondary N) is 1. The molecule has 0 amide bonds. The van der Waals surface area contributed by atoms with E-state index in [9.17, 15) is 0 Å². The number of hydrogen-bond acceptors (Lipinski definition) is 3. The summed E-state index contributed by atoms with van der Waals surface area (Å²) in [5, 5.41) is 12.3. The third kappa shape index (κ3) is 4.33. The maximum absolute atomic E-state index is 8.85. The zero-order chi connectivity index (χ0) is 14.4. The molecule has 0 aromatic heterocycles. The van der Waals surface area contributed by atoms with Crippen molar-refractivity contribution < 1.29 is 0 Å². The molecular formula is C17H25N3. The Bertz CT molecular complexity index is 438. The lowest BCUT2D eigenvalue weighted by Gasteiger charge is -2.32. The van der Waals surface area contributed by atoms with Gasteiger partial charge in [-0.25, -0.2) is 0 Å². The Balaban J connectivity index is 1.95. The Morgan fingerprint density at radius 2 is 2.10 bits per heavy atom. The number of nitrogens with zero attached hydrogens (tertiary/aromatic N) is 2. The molecule has 1 heterocycles. The summed E-state index contributed by atoms with van der Waals surface area (Å²) in [5.74, 6) is 0.768. The first-order chi connectivity index (χ1) is 9.69. The molecule has 0 bridgehead atoms. The number of hydrogen-bond donors (Lipinski definition) is 1. The maximum Gasteiger partial charge on any atom is 0.0991 e. The van der Waals surface area contributed by atoms with E-state index in [1.54, 1.807) is 0 Å². The normalized spacial score (nSPS) is 19.2. The molecule has 1 unspecified atom stereocenters. The van der Waals surface area contributed by atoms with Crippen LogP contribution in [0, 0.1) is 17.2 Å². The fraction of sp³-hybridized carbons (Fsp3) is 0.588. The highest BCUT2D eigenvalue weighted by atomic mass is 15.1. The first-order valence-corrected chi connectivity index (χ1v) is 7.63. The largest absolute Gasteiger partial charge is 0.316 e. The summed E-state index contributed by atoms with van der Waals surface area (Å²) in [7, 11) is 0. The molecule has 3 nitrogen and oxygen atoms in total. The van der Waals surface area contributed by atoms with E-state index in [1.165, 1.54) is 24.9 Å². The number of nitriles is 1. The van der Waals surface area contributed by atoms with Gasteiger partial charge >= 0.3 is 0 Å². The molecule has 0 spiro atoms. The lowest BCUT2D eigenvalue weighted by Crippen LogP contribution is -2.40. The molecule has 3 heteroatoms. The summed E-state index contributed by atoms with van der Waals surface area (Å²) in [5.41, 5.74) is 2.03. The smallest absolute Gasteiger partial charge is 0.0991 e. The van der Waals surface area contributed by atoms with E-state index in [4.69, 9.17) is 5.26 Å². The Morgan fingerprint density at radius 3 is 2.65 bits per heavy atom. The monoisotopic (exact) mass is 271 g/mol. The lowest BCUT2D eigenvalue weighted by molar-refractivity contribution is 0.164. The highest BCUT2D eigenvalue weighted by Crippen LogP contribution is 2.16. The van der Waals surface area contributed by atoms with Crippen LogP contribution in [0.5, 0.6) is 0 Å². The second-order valence-electron chi connectivity index (χ2n) is 6.04. The molecule has 0 radical (unpaired) electrons. The quantitative estimate of drug-likeness (QED) is 0.895. The molecule has 1 aliphatic rings. The topological polar surface area (TPSA) is 39.1 Å². The SMILES string of the molecule is CC(C)N(Cc1ccc(C#N)cc1)CC1CCCNC1. The van der Waals surface area contributed by atoms with Crippen LogP contribution in [0.3, 0.4) is 0 Å². The minimum Gasteiger partial charge on any atom is -0.316 e. The van der Waals surface area contributed by atoms with Crippen LogP contribution in [0.2, 0.25) is 0 Å². The number of benzene rings is 1. The average Bonchev–Trinajstić information content (AvgIpc) is 2.48. The van der Waals surface area contributed by atoms with Crippen molar-refractivity contribution in [2.24, 2.45) is 5.92 Å². The van der Waals surface area contributed by atoms with Crippen LogP contribution in [0.15, 0.2) is 24.3 Å². The molecule has 1 N–H and O–H groups in total. The van der Waals surface area contributed by atoms with Crippen LogP contribution in [0.4, 0.5) is 0 Å². The summed E-state index contributed by atoms with van der Waals surface area (Å²) < 4.78 is 0. The number of piperidine rings is 1. The Hall–Kier alpha value is -1.37. The molecule has 1 atom stereocenters. The van der Waals surface area contributed by atoms with Gasteiger partial charge in [0.1, 0.15) is 0 Å². The van der Waals surface area contributed by atoms with Gasteiger partial charge in [0.25, 0.3) is 0 Å². The first-order valence-electron chi connectivity index (χ1n) is 7.63. The van der Waals surface area contributed by atoms with Gasteiger partial charge in [-0.1, -0.05) is 12.1 Å². The summed E-state index contributed by atoms with van der Waals surface area (Å²) in [6, 6.07) is 10.7. The predicted molar refractivity (Wildman–Crippen MR) is 82.3 cm³/mol. The molecule has 1 fully saturated rings. The van der Waals surface area contributed by atoms with Gasteiger partial charge in [-0.3, -0.25) is 4.90 Å². The molecular weight excluding hydrogens is 246 g/mol. The average molecular weight is 271 g/mol. The lowest BCUT2D eigenvalue weighted by atomic mass is 9.98. The van der Waals surface area contributed by atoms with Gasteiger partial charge in [-0.15, -0.1) is 0 Å². The van der Waals surface area contributed by atoms with Crippen molar-refractivity contribution in [3.63, 3.8) is 0 Å². The van der Waals surface area contributed by atoms with Crippen molar-refractivity contribution in [2.75, 3.05) is 19.6 Å². The summed E-state index contributed by atoms with van der Waals surface area (Å²) in [4.78, 5) is 2.54. The summed E-state index contributed by atoms with van der Waals surface area (Å²) in [6.07, 6.45) is 2.64. The van der Waals surface area contributed by atoms with Crippen molar-refractivity contribution >= 4 is 0 Å². The standard InChI is InChI=1S/C17H25N3/c1-14(2)20(13-17-4-3-9-19-11-17)12-16-7-5-15(10-18)6-8-16/h5-8,14,17,19H,3-4,9,11-13H2,1-2H3. The molecule has 1 aromatic carbocycles. The van der Waals surface area contributed by atoms with Gasteiger partial charge in [0, 0.05) is 19.1 Å². The maximum atomic E-state index is 8.85. The van der Waals surface area contributed by atoms with Crippen LogP contribution in [0.1, 0.15) is 37.8 Å².